The number of benzene rings is 4. The third-order valence-corrected chi connectivity index (χ3v) is 9.00. The van der Waals surface area contributed by atoms with Crippen LogP contribution in [0.3, 0.4) is 0 Å². The fourth-order valence-electron chi connectivity index (χ4n) is 6.35. The van der Waals surface area contributed by atoms with Gasteiger partial charge in [0, 0.05) is 19.0 Å². The molecule has 0 aliphatic heterocycles. The molecule has 3 atom stereocenters. The second kappa shape index (κ2) is 16.9. The second-order valence-corrected chi connectivity index (χ2v) is 13.6. The number of hydrogen-bond donors (Lipinski definition) is 2. The van der Waals surface area contributed by atoms with Gasteiger partial charge in [-0.25, -0.2) is 9.59 Å². The highest BCUT2D eigenvalue weighted by Crippen LogP contribution is 2.30. The Morgan fingerprint density at radius 3 is 2.31 bits per heavy atom. The topological polar surface area (TPSA) is 103 Å². The normalized spacial score (nSPS) is 15.7. The van der Waals surface area contributed by atoms with Gasteiger partial charge in [-0.05, 0) is 98.0 Å². The summed E-state index contributed by atoms with van der Waals surface area (Å²) in [7, 11) is 0. The molecule has 2 unspecified atom stereocenters. The standard InChI is InChI=1S/C41H49NO7/c1-28(46-27-35(43)26-42-41(3,4)25-30-18-19-31-12-8-9-13-34(31)24-30)37-16-10-11-17-38(37)32-20-22-33(23-21-32)39(44)47-29(2)48-40(45)49-36-14-6-5-7-15-36/h8-13,16-24,28-29,35-36,42-43H,5-7,14-15,25-27H2,1-4H3/t28?,29?,35-/m0/s1. The van der Waals surface area contributed by atoms with Gasteiger partial charge in [-0.2, -0.15) is 0 Å². The van der Waals surface area contributed by atoms with Gasteiger partial charge < -0.3 is 29.4 Å². The maximum Gasteiger partial charge on any atom is 0.511 e. The Morgan fingerprint density at radius 2 is 1.55 bits per heavy atom. The van der Waals surface area contributed by atoms with Gasteiger partial charge in [0.25, 0.3) is 0 Å². The summed E-state index contributed by atoms with van der Waals surface area (Å²) >= 11 is 0. The van der Waals surface area contributed by atoms with E-state index in [0.717, 1.165) is 55.2 Å². The first kappa shape index (κ1) is 36.1. The molecule has 4 aromatic rings. The number of aliphatic hydroxyl groups is 1. The van der Waals surface area contributed by atoms with Crippen molar-refractivity contribution >= 4 is 22.9 Å². The third-order valence-electron chi connectivity index (χ3n) is 9.00. The smallest absolute Gasteiger partial charge is 0.431 e. The number of ether oxygens (including phenoxy) is 4. The van der Waals surface area contributed by atoms with Crippen molar-refractivity contribution in [2.24, 2.45) is 0 Å². The zero-order valence-corrected chi connectivity index (χ0v) is 29.0. The minimum Gasteiger partial charge on any atom is -0.431 e. The Bertz CT molecular complexity index is 1680. The van der Waals surface area contributed by atoms with Crippen LogP contribution in [0.4, 0.5) is 4.79 Å². The molecule has 0 amide bonds. The number of aliphatic hydroxyl groups excluding tert-OH is 1. The van der Waals surface area contributed by atoms with Gasteiger partial charge in [0.05, 0.1) is 24.4 Å². The predicted octanol–water partition coefficient (Wildman–Crippen LogP) is 8.54. The van der Waals surface area contributed by atoms with E-state index in [4.69, 9.17) is 18.9 Å². The SMILES string of the molecule is CC(OC(=O)OC1CCCCC1)OC(=O)c1ccc(-c2ccccc2C(C)OC[C@@H](O)CNC(C)(C)Cc2ccc3ccccc3c2)cc1. The largest absolute Gasteiger partial charge is 0.511 e. The molecule has 1 saturated carbocycles. The number of hydrogen-bond acceptors (Lipinski definition) is 8. The maximum absolute atomic E-state index is 12.7. The molecule has 8 nitrogen and oxygen atoms in total. The Labute approximate surface area is 289 Å². The molecule has 5 rings (SSSR count). The molecule has 2 N–H and O–H groups in total. The summed E-state index contributed by atoms with van der Waals surface area (Å²) < 4.78 is 22.0. The van der Waals surface area contributed by atoms with Crippen molar-refractivity contribution in [2.45, 2.75) is 96.4 Å². The van der Waals surface area contributed by atoms with E-state index in [1.54, 1.807) is 12.1 Å². The fourth-order valence-corrected chi connectivity index (χ4v) is 6.35. The first-order valence-electron chi connectivity index (χ1n) is 17.4. The minimum absolute atomic E-state index is 0.140. The Morgan fingerprint density at radius 1 is 0.857 bits per heavy atom. The summed E-state index contributed by atoms with van der Waals surface area (Å²) in [5.41, 5.74) is 4.19. The molecule has 1 aliphatic carbocycles. The van der Waals surface area contributed by atoms with Crippen molar-refractivity contribution in [1.82, 2.24) is 5.32 Å². The molecule has 1 fully saturated rings. The first-order valence-corrected chi connectivity index (χ1v) is 17.4. The Hall–Kier alpha value is -4.24. The lowest BCUT2D eigenvalue weighted by molar-refractivity contribution is -0.0914. The van der Waals surface area contributed by atoms with Crippen LogP contribution >= 0.6 is 0 Å². The van der Waals surface area contributed by atoms with Crippen molar-refractivity contribution in [3.63, 3.8) is 0 Å². The Kier molecular flexibility index (Phi) is 12.5. The van der Waals surface area contributed by atoms with Crippen molar-refractivity contribution in [1.29, 1.82) is 0 Å². The Balaban J connectivity index is 1.10. The lowest BCUT2D eigenvalue weighted by atomic mass is 9.93. The van der Waals surface area contributed by atoms with Gasteiger partial charge in [-0.1, -0.05) is 85.3 Å². The molecular weight excluding hydrogens is 618 g/mol. The summed E-state index contributed by atoms with van der Waals surface area (Å²) in [5.74, 6) is -0.599. The van der Waals surface area contributed by atoms with E-state index in [1.165, 1.54) is 23.3 Å². The van der Waals surface area contributed by atoms with Crippen LogP contribution in [0.2, 0.25) is 0 Å². The highest BCUT2D eigenvalue weighted by molar-refractivity contribution is 5.90. The zero-order valence-electron chi connectivity index (χ0n) is 29.0. The molecule has 0 heterocycles. The quantitative estimate of drug-likeness (QED) is 0.102. The number of fused-ring (bicyclic) bond motifs is 1. The molecule has 0 aromatic heterocycles. The van der Waals surface area contributed by atoms with E-state index in [1.807, 2.05) is 49.4 Å². The van der Waals surface area contributed by atoms with Gasteiger partial charge in [-0.15, -0.1) is 0 Å². The lowest BCUT2D eigenvalue weighted by Gasteiger charge is -2.28. The van der Waals surface area contributed by atoms with E-state index in [0.29, 0.717) is 12.1 Å². The van der Waals surface area contributed by atoms with Crippen LogP contribution in [0, 0.1) is 0 Å². The number of nitrogens with one attached hydrogen (secondary N) is 1. The van der Waals surface area contributed by atoms with E-state index in [-0.39, 0.29) is 24.4 Å². The van der Waals surface area contributed by atoms with Crippen molar-refractivity contribution in [3.05, 3.63) is 108 Å². The molecular formula is C41H49NO7. The van der Waals surface area contributed by atoms with Crippen molar-refractivity contribution in [3.8, 4) is 11.1 Å². The number of esters is 1. The average Bonchev–Trinajstić information content (AvgIpc) is 3.10. The highest BCUT2D eigenvalue weighted by Gasteiger charge is 2.23. The van der Waals surface area contributed by atoms with Crippen molar-refractivity contribution in [2.75, 3.05) is 13.2 Å². The first-order chi connectivity index (χ1) is 23.6. The van der Waals surface area contributed by atoms with E-state index < -0.39 is 24.5 Å². The van der Waals surface area contributed by atoms with Crippen molar-refractivity contribution < 1.29 is 33.6 Å². The van der Waals surface area contributed by atoms with Crippen LogP contribution in [0.5, 0.6) is 0 Å². The maximum atomic E-state index is 12.7. The summed E-state index contributed by atoms with van der Waals surface area (Å²) in [6.45, 7) is 8.32. The fraction of sp³-hybridized carbons (Fsp3) is 0.415. The predicted molar refractivity (Wildman–Crippen MR) is 191 cm³/mol. The number of β-amino-alcohol motifs (C(OH)–C–C–N with tert-alkyl or cyclic N) is 1. The molecule has 260 valence electrons. The monoisotopic (exact) mass is 667 g/mol. The van der Waals surface area contributed by atoms with Gasteiger partial charge in [0.2, 0.25) is 6.29 Å². The molecule has 4 aromatic carbocycles. The van der Waals surface area contributed by atoms with E-state index in [2.05, 4.69) is 55.6 Å². The van der Waals surface area contributed by atoms with Crippen LogP contribution in [-0.4, -0.2) is 54.4 Å². The molecule has 1 aliphatic rings. The third kappa shape index (κ3) is 10.6. The van der Waals surface area contributed by atoms with E-state index >= 15 is 0 Å². The molecule has 0 radical (unpaired) electrons. The lowest BCUT2D eigenvalue weighted by Crippen LogP contribution is -2.46. The zero-order chi connectivity index (χ0) is 34.8. The summed E-state index contributed by atoms with van der Waals surface area (Å²) in [5, 5.41) is 16.8. The molecule has 0 bridgehead atoms. The second-order valence-electron chi connectivity index (χ2n) is 13.6. The van der Waals surface area contributed by atoms with Gasteiger partial charge >= 0.3 is 12.1 Å². The minimum atomic E-state index is -1.08. The number of carbonyl (C=O) groups excluding carboxylic acids is 2. The summed E-state index contributed by atoms with van der Waals surface area (Å²) in [4.78, 5) is 24.9. The number of rotatable bonds is 14. The molecule has 8 heteroatoms. The average molecular weight is 668 g/mol. The van der Waals surface area contributed by atoms with Crippen LogP contribution < -0.4 is 5.32 Å². The molecule has 0 saturated heterocycles. The summed E-state index contributed by atoms with van der Waals surface area (Å²) in [6.07, 6.45) is 2.69. The van der Waals surface area contributed by atoms with Crippen LogP contribution in [0.1, 0.15) is 87.4 Å². The molecule has 49 heavy (non-hydrogen) atoms. The molecule has 0 spiro atoms. The van der Waals surface area contributed by atoms with Gasteiger partial charge in [-0.3, -0.25) is 0 Å². The van der Waals surface area contributed by atoms with Crippen LogP contribution in [0.25, 0.3) is 21.9 Å². The highest BCUT2D eigenvalue weighted by atomic mass is 16.8. The van der Waals surface area contributed by atoms with E-state index in [9.17, 15) is 14.7 Å². The summed E-state index contributed by atoms with van der Waals surface area (Å²) in [6, 6.07) is 29.9. The number of carbonyl (C=O) groups is 2. The van der Waals surface area contributed by atoms with Gasteiger partial charge in [0.15, 0.2) is 0 Å². The van der Waals surface area contributed by atoms with Crippen LogP contribution in [-0.2, 0) is 25.4 Å². The van der Waals surface area contributed by atoms with Crippen LogP contribution in [0.15, 0.2) is 91.0 Å². The van der Waals surface area contributed by atoms with Gasteiger partial charge in [0.1, 0.15) is 6.10 Å².